The maximum absolute atomic E-state index is 13.4. The average Bonchev–Trinajstić information content (AvgIpc) is 3.27. The van der Waals surface area contributed by atoms with Crippen molar-refractivity contribution in [3.8, 4) is 5.75 Å². The lowest BCUT2D eigenvalue weighted by atomic mass is 10.2. The molecule has 1 fully saturated rings. The quantitative estimate of drug-likeness (QED) is 0.600. The second kappa shape index (κ2) is 9.71. The number of sulfonamides is 1. The number of hydrogen-bond acceptors (Lipinski definition) is 4. The predicted octanol–water partition coefficient (Wildman–Crippen LogP) is 4.34. The second-order valence-electron chi connectivity index (χ2n) is 7.34. The Labute approximate surface area is 183 Å². The Balaban J connectivity index is 1.93. The van der Waals surface area contributed by atoms with E-state index < -0.39 is 10.0 Å². The number of halogens is 1. The average molecular weight is 451 g/mol. The first kappa shape index (κ1) is 22.4. The van der Waals surface area contributed by atoms with Gasteiger partial charge in [-0.2, -0.15) is 0 Å². The van der Waals surface area contributed by atoms with Gasteiger partial charge in [0.05, 0.1) is 17.2 Å². The van der Waals surface area contributed by atoms with Crippen LogP contribution in [-0.4, -0.2) is 45.5 Å². The summed E-state index contributed by atoms with van der Waals surface area (Å²) in [5, 5.41) is 0.443. The number of hydrogen-bond donors (Lipinski definition) is 0. The number of likely N-dealkylation sites (N-methyl/N-ethyl adjacent to an activating group) is 1. The molecule has 0 spiro atoms. The monoisotopic (exact) mass is 450 g/mol. The van der Waals surface area contributed by atoms with E-state index in [2.05, 4.69) is 0 Å². The zero-order valence-corrected chi connectivity index (χ0v) is 18.8. The Morgan fingerprint density at radius 1 is 1.07 bits per heavy atom. The number of carbonyl (C=O) groups excluding carboxylic acids is 1. The van der Waals surface area contributed by atoms with Crippen LogP contribution in [0.25, 0.3) is 0 Å². The van der Waals surface area contributed by atoms with Crippen molar-refractivity contribution in [2.24, 2.45) is 0 Å². The second-order valence-corrected chi connectivity index (χ2v) is 9.63. The molecule has 6 nitrogen and oxygen atoms in total. The summed E-state index contributed by atoms with van der Waals surface area (Å²) in [4.78, 5) is 14.8. The fourth-order valence-electron chi connectivity index (χ4n) is 3.65. The molecular formula is C22H27ClN2O4S. The van der Waals surface area contributed by atoms with Gasteiger partial charge in [0.15, 0.2) is 0 Å². The number of carbonyl (C=O) groups is 1. The molecule has 2 aromatic carbocycles. The van der Waals surface area contributed by atoms with Crippen LogP contribution >= 0.6 is 11.6 Å². The van der Waals surface area contributed by atoms with Gasteiger partial charge in [-0.25, -0.2) is 8.42 Å². The largest absolute Gasteiger partial charge is 0.494 e. The van der Waals surface area contributed by atoms with Crippen LogP contribution in [0.5, 0.6) is 5.75 Å². The first-order valence-corrected chi connectivity index (χ1v) is 11.9. The molecule has 162 valence electrons. The highest BCUT2D eigenvalue weighted by Crippen LogP contribution is 2.28. The summed E-state index contributed by atoms with van der Waals surface area (Å²) >= 11 is 5.92. The highest BCUT2D eigenvalue weighted by atomic mass is 35.5. The molecule has 0 radical (unpaired) electrons. The van der Waals surface area contributed by atoms with Gasteiger partial charge in [0.2, 0.25) is 5.91 Å². The van der Waals surface area contributed by atoms with Gasteiger partial charge in [-0.3, -0.25) is 9.10 Å². The van der Waals surface area contributed by atoms with Crippen molar-refractivity contribution in [3.63, 3.8) is 0 Å². The minimum Gasteiger partial charge on any atom is -0.494 e. The Hall–Kier alpha value is -2.25. The summed E-state index contributed by atoms with van der Waals surface area (Å²) < 4.78 is 33.4. The summed E-state index contributed by atoms with van der Waals surface area (Å²) in [6.07, 6.45) is 4.09. The number of nitrogens with zero attached hydrogens (tertiary/aromatic N) is 2. The van der Waals surface area contributed by atoms with E-state index in [0.717, 1.165) is 30.0 Å². The summed E-state index contributed by atoms with van der Waals surface area (Å²) in [6, 6.07) is 12.8. The maximum Gasteiger partial charge on any atom is 0.264 e. The number of amides is 1. The topological polar surface area (TPSA) is 66.9 Å². The molecule has 8 heteroatoms. The van der Waals surface area contributed by atoms with Crippen LogP contribution in [0.4, 0.5) is 5.69 Å². The zero-order valence-electron chi connectivity index (χ0n) is 17.3. The van der Waals surface area contributed by atoms with E-state index >= 15 is 0 Å². The molecular weight excluding hydrogens is 424 g/mol. The molecule has 0 atom stereocenters. The zero-order chi connectivity index (χ0) is 21.7. The number of benzene rings is 2. The third kappa shape index (κ3) is 5.08. The molecule has 0 saturated heterocycles. The normalized spacial score (nSPS) is 14.5. The SMILES string of the molecule is CCOc1ccc(N(CC(=O)N(C)C2CCCC2)S(=O)(=O)c2ccc(Cl)cc2)cc1. The van der Waals surface area contributed by atoms with Gasteiger partial charge in [-0.15, -0.1) is 0 Å². The molecule has 3 rings (SSSR count). The minimum absolute atomic E-state index is 0.0807. The van der Waals surface area contributed by atoms with Gasteiger partial charge in [0, 0.05) is 18.1 Å². The van der Waals surface area contributed by atoms with Gasteiger partial charge < -0.3 is 9.64 Å². The molecule has 0 bridgehead atoms. The predicted molar refractivity (Wildman–Crippen MR) is 119 cm³/mol. The molecule has 0 heterocycles. The van der Waals surface area contributed by atoms with Crippen molar-refractivity contribution in [2.75, 3.05) is 24.5 Å². The summed E-state index contributed by atoms with van der Waals surface area (Å²) in [5.41, 5.74) is 0.404. The van der Waals surface area contributed by atoms with Gasteiger partial charge in [-0.05, 0) is 68.3 Å². The molecule has 1 aliphatic rings. The fraction of sp³-hybridized carbons (Fsp3) is 0.409. The van der Waals surface area contributed by atoms with E-state index in [1.54, 1.807) is 36.2 Å². The van der Waals surface area contributed by atoms with Crippen LogP contribution in [-0.2, 0) is 14.8 Å². The molecule has 0 unspecified atom stereocenters. The lowest BCUT2D eigenvalue weighted by Crippen LogP contribution is -2.44. The molecule has 1 aliphatic carbocycles. The van der Waals surface area contributed by atoms with E-state index in [4.69, 9.17) is 16.3 Å². The van der Waals surface area contributed by atoms with Crippen LogP contribution in [0.15, 0.2) is 53.4 Å². The first-order valence-electron chi connectivity index (χ1n) is 10.1. The van der Waals surface area contributed by atoms with E-state index in [-0.39, 0.29) is 23.4 Å². The minimum atomic E-state index is -3.96. The van der Waals surface area contributed by atoms with Gasteiger partial charge >= 0.3 is 0 Å². The fourth-order valence-corrected chi connectivity index (χ4v) is 5.19. The van der Waals surface area contributed by atoms with Crippen molar-refractivity contribution < 1.29 is 17.9 Å². The van der Waals surface area contributed by atoms with Crippen molar-refractivity contribution in [1.82, 2.24) is 4.90 Å². The van der Waals surface area contributed by atoms with Crippen LogP contribution in [0, 0.1) is 0 Å². The Bertz CT molecular complexity index is 956. The van der Waals surface area contributed by atoms with Gasteiger partial charge in [0.25, 0.3) is 10.0 Å². The van der Waals surface area contributed by atoms with Gasteiger partial charge in [-0.1, -0.05) is 24.4 Å². The molecule has 0 N–H and O–H groups in total. The van der Waals surface area contributed by atoms with Crippen molar-refractivity contribution >= 4 is 33.2 Å². The standard InChI is InChI=1S/C22H27ClN2O4S/c1-3-29-20-12-10-19(11-13-20)25(16-22(26)24(2)18-6-4-5-7-18)30(27,28)21-14-8-17(23)9-15-21/h8-15,18H,3-7,16H2,1-2H3. The summed E-state index contributed by atoms with van der Waals surface area (Å²) in [5.74, 6) is 0.410. The lowest BCUT2D eigenvalue weighted by Gasteiger charge is -2.29. The molecule has 0 aliphatic heterocycles. The van der Waals surface area contributed by atoms with Gasteiger partial charge in [0.1, 0.15) is 12.3 Å². The molecule has 1 amide bonds. The van der Waals surface area contributed by atoms with Crippen molar-refractivity contribution in [3.05, 3.63) is 53.6 Å². The highest BCUT2D eigenvalue weighted by Gasteiger charge is 2.30. The smallest absolute Gasteiger partial charge is 0.264 e. The van der Waals surface area contributed by atoms with E-state index in [1.165, 1.54) is 24.3 Å². The Kier molecular flexibility index (Phi) is 7.26. The lowest BCUT2D eigenvalue weighted by molar-refractivity contribution is -0.130. The van der Waals surface area contributed by atoms with Crippen molar-refractivity contribution in [2.45, 2.75) is 43.5 Å². The van der Waals surface area contributed by atoms with Crippen LogP contribution in [0.3, 0.4) is 0 Å². The Morgan fingerprint density at radius 2 is 1.67 bits per heavy atom. The number of rotatable bonds is 8. The van der Waals surface area contributed by atoms with Crippen LogP contribution in [0.1, 0.15) is 32.6 Å². The summed E-state index contributed by atoms with van der Waals surface area (Å²) in [7, 11) is -2.21. The summed E-state index contributed by atoms with van der Waals surface area (Å²) in [6.45, 7) is 2.12. The van der Waals surface area contributed by atoms with Crippen molar-refractivity contribution in [1.29, 1.82) is 0 Å². The van der Waals surface area contributed by atoms with Crippen LogP contribution < -0.4 is 9.04 Å². The third-order valence-corrected chi connectivity index (χ3v) is 7.42. The number of anilines is 1. The van der Waals surface area contributed by atoms with Crippen LogP contribution in [0.2, 0.25) is 5.02 Å². The number of ether oxygens (including phenoxy) is 1. The first-order chi connectivity index (χ1) is 14.3. The highest BCUT2D eigenvalue weighted by molar-refractivity contribution is 7.92. The Morgan fingerprint density at radius 3 is 2.23 bits per heavy atom. The molecule has 0 aromatic heterocycles. The molecule has 2 aromatic rings. The maximum atomic E-state index is 13.4. The van der Waals surface area contributed by atoms with E-state index in [9.17, 15) is 13.2 Å². The molecule has 30 heavy (non-hydrogen) atoms. The van der Waals surface area contributed by atoms with E-state index in [1.807, 2.05) is 6.92 Å². The third-order valence-electron chi connectivity index (χ3n) is 5.38. The van der Waals surface area contributed by atoms with E-state index in [0.29, 0.717) is 23.1 Å². The molecule has 1 saturated carbocycles.